The van der Waals surface area contributed by atoms with E-state index in [0.29, 0.717) is 17.4 Å². The second-order valence-corrected chi connectivity index (χ2v) is 4.90. The summed E-state index contributed by atoms with van der Waals surface area (Å²) in [7, 11) is 0. The second-order valence-electron chi connectivity index (χ2n) is 4.90. The predicted octanol–water partition coefficient (Wildman–Crippen LogP) is 1.12. The van der Waals surface area contributed by atoms with Crippen LogP contribution in [0.5, 0.6) is 0 Å². The van der Waals surface area contributed by atoms with Crippen molar-refractivity contribution in [3.63, 3.8) is 0 Å². The summed E-state index contributed by atoms with van der Waals surface area (Å²) in [6, 6.07) is 5.80. The summed E-state index contributed by atoms with van der Waals surface area (Å²) in [5.41, 5.74) is 0.583. The Kier molecular flexibility index (Phi) is 2.59. The van der Waals surface area contributed by atoms with Gasteiger partial charge in [-0.1, -0.05) is 0 Å². The highest BCUT2D eigenvalue weighted by Gasteiger charge is 2.38. The highest BCUT2D eigenvalue weighted by molar-refractivity contribution is 5.94. The molecule has 1 amide bonds. The fourth-order valence-electron chi connectivity index (χ4n) is 2.80. The van der Waals surface area contributed by atoms with E-state index in [2.05, 4.69) is 5.32 Å². The first-order valence-electron chi connectivity index (χ1n) is 5.99. The lowest BCUT2D eigenvalue weighted by Gasteiger charge is -2.17. The van der Waals surface area contributed by atoms with Crippen molar-refractivity contribution in [3.8, 4) is 0 Å². The van der Waals surface area contributed by atoms with E-state index in [9.17, 15) is 9.18 Å². The SMILES string of the molecule is O=C(c1ccc(F)cc1)N1C[C@H]2CNC[C@H]2C1. The summed E-state index contributed by atoms with van der Waals surface area (Å²) in [6.07, 6.45) is 0. The number of benzene rings is 1. The molecule has 90 valence electrons. The number of hydrogen-bond donors (Lipinski definition) is 1. The Morgan fingerprint density at radius 2 is 1.76 bits per heavy atom. The summed E-state index contributed by atoms with van der Waals surface area (Å²) < 4.78 is 12.8. The van der Waals surface area contributed by atoms with Gasteiger partial charge in [0.25, 0.3) is 5.91 Å². The minimum Gasteiger partial charge on any atom is -0.338 e. The Hall–Kier alpha value is -1.42. The van der Waals surface area contributed by atoms with Crippen LogP contribution in [-0.4, -0.2) is 37.0 Å². The van der Waals surface area contributed by atoms with Gasteiger partial charge in [-0.15, -0.1) is 0 Å². The van der Waals surface area contributed by atoms with Crippen LogP contribution in [-0.2, 0) is 0 Å². The first-order chi connectivity index (χ1) is 8.24. The zero-order chi connectivity index (χ0) is 11.8. The molecule has 1 N–H and O–H groups in total. The molecular weight excluding hydrogens is 219 g/mol. The third-order valence-electron chi connectivity index (χ3n) is 3.77. The Balaban J connectivity index is 1.73. The van der Waals surface area contributed by atoms with Crippen molar-refractivity contribution < 1.29 is 9.18 Å². The number of nitrogens with one attached hydrogen (secondary N) is 1. The normalized spacial score (nSPS) is 27.2. The van der Waals surface area contributed by atoms with Gasteiger partial charge in [-0.25, -0.2) is 4.39 Å². The fourth-order valence-corrected chi connectivity index (χ4v) is 2.80. The molecule has 0 saturated carbocycles. The van der Waals surface area contributed by atoms with Crippen molar-refractivity contribution in [2.45, 2.75) is 0 Å². The Morgan fingerprint density at radius 3 is 2.35 bits per heavy atom. The molecule has 0 unspecified atom stereocenters. The van der Waals surface area contributed by atoms with Gasteiger partial charge in [-0.2, -0.15) is 0 Å². The molecule has 2 heterocycles. The molecule has 2 fully saturated rings. The summed E-state index contributed by atoms with van der Waals surface area (Å²) in [4.78, 5) is 14.1. The van der Waals surface area contributed by atoms with E-state index in [4.69, 9.17) is 0 Å². The van der Waals surface area contributed by atoms with Gasteiger partial charge in [-0.05, 0) is 36.1 Å². The van der Waals surface area contributed by atoms with E-state index in [-0.39, 0.29) is 11.7 Å². The molecule has 0 bridgehead atoms. The molecule has 1 aromatic rings. The van der Waals surface area contributed by atoms with Gasteiger partial charge >= 0.3 is 0 Å². The van der Waals surface area contributed by atoms with E-state index in [1.54, 1.807) is 12.1 Å². The molecular formula is C13H15FN2O. The van der Waals surface area contributed by atoms with E-state index >= 15 is 0 Å². The van der Waals surface area contributed by atoms with Crippen LogP contribution in [0.2, 0.25) is 0 Å². The number of carbonyl (C=O) groups is 1. The largest absolute Gasteiger partial charge is 0.338 e. The molecule has 3 rings (SSSR count). The van der Waals surface area contributed by atoms with Crippen LogP contribution in [0, 0.1) is 17.7 Å². The quantitative estimate of drug-likeness (QED) is 0.789. The van der Waals surface area contributed by atoms with Gasteiger partial charge in [-0.3, -0.25) is 4.79 Å². The average Bonchev–Trinajstić information content (AvgIpc) is 2.89. The Bertz CT molecular complexity index is 420. The zero-order valence-electron chi connectivity index (χ0n) is 9.53. The third kappa shape index (κ3) is 1.93. The molecule has 2 atom stereocenters. The topological polar surface area (TPSA) is 32.3 Å². The number of likely N-dealkylation sites (tertiary alicyclic amines) is 1. The van der Waals surface area contributed by atoms with Crippen molar-refractivity contribution in [2.75, 3.05) is 26.2 Å². The second kappa shape index (κ2) is 4.11. The number of fused-ring (bicyclic) bond motifs is 1. The lowest BCUT2D eigenvalue weighted by atomic mass is 10.0. The van der Waals surface area contributed by atoms with Crippen molar-refractivity contribution in [1.29, 1.82) is 0 Å². The lowest BCUT2D eigenvalue weighted by molar-refractivity contribution is 0.0781. The van der Waals surface area contributed by atoms with Gasteiger partial charge < -0.3 is 10.2 Å². The number of nitrogens with zero attached hydrogens (tertiary/aromatic N) is 1. The summed E-state index contributed by atoms with van der Waals surface area (Å²) in [6.45, 7) is 3.68. The third-order valence-corrected chi connectivity index (χ3v) is 3.77. The van der Waals surface area contributed by atoms with Crippen LogP contribution in [0.15, 0.2) is 24.3 Å². The number of hydrogen-bond acceptors (Lipinski definition) is 2. The molecule has 17 heavy (non-hydrogen) atoms. The number of rotatable bonds is 1. The van der Waals surface area contributed by atoms with E-state index in [0.717, 1.165) is 26.2 Å². The molecule has 2 saturated heterocycles. The van der Waals surface area contributed by atoms with Crippen molar-refractivity contribution in [3.05, 3.63) is 35.6 Å². The molecule has 2 aliphatic heterocycles. The highest BCUT2D eigenvalue weighted by atomic mass is 19.1. The molecule has 4 heteroatoms. The minimum absolute atomic E-state index is 0.0272. The van der Waals surface area contributed by atoms with Crippen molar-refractivity contribution in [1.82, 2.24) is 10.2 Å². The molecule has 0 spiro atoms. The smallest absolute Gasteiger partial charge is 0.253 e. The van der Waals surface area contributed by atoms with Gasteiger partial charge in [0.05, 0.1) is 0 Å². The summed E-state index contributed by atoms with van der Waals surface area (Å²) in [5.74, 6) is 0.919. The predicted molar refractivity (Wildman–Crippen MR) is 62.2 cm³/mol. The van der Waals surface area contributed by atoms with Gasteiger partial charge in [0.1, 0.15) is 5.82 Å². The van der Waals surface area contributed by atoms with Gasteiger partial charge in [0, 0.05) is 31.7 Å². The Morgan fingerprint density at radius 1 is 1.18 bits per heavy atom. The number of carbonyl (C=O) groups excluding carboxylic acids is 1. The Labute approximate surface area is 99.6 Å². The zero-order valence-corrected chi connectivity index (χ0v) is 9.53. The minimum atomic E-state index is -0.302. The van der Waals surface area contributed by atoms with Crippen molar-refractivity contribution >= 4 is 5.91 Å². The lowest BCUT2D eigenvalue weighted by Crippen LogP contribution is -2.31. The fraction of sp³-hybridized carbons (Fsp3) is 0.462. The standard InChI is InChI=1S/C13H15FN2O/c14-12-3-1-9(2-4-12)13(17)16-7-10-5-15-6-11(10)8-16/h1-4,10-11,15H,5-8H2/t10-,11+. The van der Waals surface area contributed by atoms with E-state index in [1.165, 1.54) is 12.1 Å². The highest BCUT2D eigenvalue weighted by Crippen LogP contribution is 2.27. The molecule has 0 radical (unpaired) electrons. The number of halogens is 1. The van der Waals surface area contributed by atoms with Crippen LogP contribution < -0.4 is 5.32 Å². The van der Waals surface area contributed by atoms with Crippen LogP contribution in [0.4, 0.5) is 4.39 Å². The van der Waals surface area contributed by atoms with E-state index in [1.807, 2.05) is 4.90 Å². The molecule has 3 nitrogen and oxygen atoms in total. The van der Waals surface area contributed by atoms with Crippen LogP contribution >= 0.6 is 0 Å². The number of amides is 1. The van der Waals surface area contributed by atoms with Crippen LogP contribution in [0.25, 0.3) is 0 Å². The molecule has 1 aromatic carbocycles. The first kappa shape index (κ1) is 10.7. The van der Waals surface area contributed by atoms with Gasteiger partial charge in [0.2, 0.25) is 0 Å². The summed E-state index contributed by atoms with van der Waals surface area (Å²) in [5, 5.41) is 3.34. The summed E-state index contributed by atoms with van der Waals surface area (Å²) >= 11 is 0. The maximum Gasteiger partial charge on any atom is 0.253 e. The molecule has 0 aliphatic carbocycles. The molecule has 0 aromatic heterocycles. The van der Waals surface area contributed by atoms with Crippen molar-refractivity contribution in [2.24, 2.45) is 11.8 Å². The monoisotopic (exact) mass is 234 g/mol. The first-order valence-corrected chi connectivity index (χ1v) is 5.99. The maximum atomic E-state index is 12.8. The van der Waals surface area contributed by atoms with Crippen LogP contribution in [0.3, 0.4) is 0 Å². The van der Waals surface area contributed by atoms with Crippen LogP contribution in [0.1, 0.15) is 10.4 Å². The van der Waals surface area contributed by atoms with Gasteiger partial charge in [0.15, 0.2) is 0 Å². The maximum absolute atomic E-state index is 12.8. The molecule has 2 aliphatic rings. The van der Waals surface area contributed by atoms with E-state index < -0.39 is 0 Å². The average molecular weight is 234 g/mol.